The molecule has 74 valence electrons. The second-order valence-electron chi connectivity index (χ2n) is 4.18. The highest BCUT2D eigenvalue weighted by Gasteiger charge is 2.19. The summed E-state index contributed by atoms with van der Waals surface area (Å²) >= 11 is 0. The molecule has 0 heterocycles. The molecule has 0 aromatic rings. The summed E-state index contributed by atoms with van der Waals surface area (Å²) in [4.78, 5) is 1.93. The van der Waals surface area contributed by atoms with Gasteiger partial charge in [-0.2, -0.15) is 0 Å². The number of hydrogen-bond donors (Lipinski definition) is 2. The summed E-state index contributed by atoms with van der Waals surface area (Å²) in [5.74, 6) is 0. The van der Waals surface area contributed by atoms with E-state index in [1.165, 1.54) is 0 Å². The maximum absolute atomic E-state index is 9.52. The highest BCUT2D eigenvalue weighted by Crippen LogP contribution is 1.98. The van der Waals surface area contributed by atoms with E-state index >= 15 is 0 Å². The highest BCUT2D eigenvalue weighted by atomic mass is 16.3. The average molecular weight is 177 g/mol. The van der Waals surface area contributed by atoms with Crippen LogP contribution in [0.25, 0.3) is 0 Å². The number of nitrogens with zero attached hydrogens (tertiary/aromatic N) is 2. The molecule has 0 aliphatic heterocycles. The second kappa shape index (κ2) is 4.77. The Morgan fingerprint density at radius 1 is 1.33 bits per heavy atom. The molecule has 0 fully saturated rings. The van der Waals surface area contributed by atoms with E-state index in [0.29, 0.717) is 17.6 Å². The monoisotopic (exact) mass is 177 g/mol. The summed E-state index contributed by atoms with van der Waals surface area (Å²) in [5, 5.41) is 18.4. The van der Waals surface area contributed by atoms with E-state index < -0.39 is 0 Å². The number of rotatable bonds is 5. The van der Waals surface area contributed by atoms with E-state index in [-0.39, 0.29) is 12.8 Å². The lowest BCUT2D eigenvalue weighted by Crippen LogP contribution is -2.48. The molecule has 12 heavy (non-hydrogen) atoms. The summed E-state index contributed by atoms with van der Waals surface area (Å²) in [7, 11) is 7.61. The molecule has 0 saturated heterocycles. The third-order valence-electron chi connectivity index (χ3n) is 1.66. The SMILES string of the molecule is CN(C)CC(O)C[N+](C)(C)CO. The third-order valence-corrected chi connectivity index (χ3v) is 1.66. The van der Waals surface area contributed by atoms with Crippen LogP contribution < -0.4 is 0 Å². The third kappa shape index (κ3) is 5.49. The lowest BCUT2D eigenvalue weighted by atomic mass is 10.3. The molecule has 1 atom stereocenters. The van der Waals surface area contributed by atoms with Gasteiger partial charge < -0.3 is 19.6 Å². The van der Waals surface area contributed by atoms with Gasteiger partial charge in [0.1, 0.15) is 12.6 Å². The van der Waals surface area contributed by atoms with Crippen LogP contribution in [0.1, 0.15) is 0 Å². The van der Waals surface area contributed by atoms with Crippen LogP contribution in [-0.4, -0.2) is 73.7 Å². The van der Waals surface area contributed by atoms with Crippen molar-refractivity contribution in [3.05, 3.63) is 0 Å². The molecule has 0 aromatic carbocycles. The van der Waals surface area contributed by atoms with Crippen LogP contribution in [-0.2, 0) is 0 Å². The summed E-state index contributed by atoms with van der Waals surface area (Å²) in [6.07, 6.45) is -0.373. The fourth-order valence-electron chi connectivity index (χ4n) is 1.11. The molecule has 0 radical (unpaired) electrons. The first-order valence-corrected chi connectivity index (χ1v) is 4.13. The average Bonchev–Trinajstić information content (AvgIpc) is 1.84. The van der Waals surface area contributed by atoms with Crippen molar-refractivity contribution in [2.45, 2.75) is 6.10 Å². The molecular weight excluding hydrogens is 156 g/mol. The van der Waals surface area contributed by atoms with Crippen LogP contribution >= 0.6 is 0 Å². The van der Waals surface area contributed by atoms with Gasteiger partial charge in [-0.25, -0.2) is 0 Å². The van der Waals surface area contributed by atoms with E-state index in [2.05, 4.69) is 0 Å². The normalized spacial score (nSPS) is 15.2. The van der Waals surface area contributed by atoms with Crippen molar-refractivity contribution in [3.63, 3.8) is 0 Å². The van der Waals surface area contributed by atoms with Crippen molar-refractivity contribution < 1.29 is 14.7 Å². The second-order valence-corrected chi connectivity index (χ2v) is 4.18. The number of quaternary nitrogens is 1. The fraction of sp³-hybridized carbons (Fsp3) is 1.00. The van der Waals surface area contributed by atoms with E-state index in [1.54, 1.807) is 0 Å². The van der Waals surface area contributed by atoms with Crippen molar-refractivity contribution in [2.24, 2.45) is 0 Å². The van der Waals surface area contributed by atoms with Crippen molar-refractivity contribution in [1.82, 2.24) is 4.90 Å². The minimum absolute atomic E-state index is 0.0600. The molecule has 0 aliphatic carbocycles. The fourth-order valence-corrected chi connectivity index (χ4v) is 1.11. The zero-order chi connectivity index (χ0) is 9.78. The molecule has 0 bridgehead atoms. The number of aliphatic hydroxyl groups is 2. The zero-order valence-electron chi connectivity index (χ0n) is 8.49. The van der Waals surface area contributed by atoms with Gasteiger partial charge >= 0.3 is 0 Å². The standard InChI is InChI=1S/C8H21N2O2/c1-9(2)5-8(12)6-10(3,4)7-11/h8,11-12H,5-7H2,1-4H3/q+1. The van der Waals surface area contributed by atoms with Gasteiger partial charge in [-0.1, -0.05) is 0 Å². The highest BCUT2D eigenvalue weighted by molar-refractivity contribution is 4.56. The van der Waals surface area contributed by atoms with E-state index in [0.717, 1.165) is 0 Å². The largest absolute Gasteiger partial charge is 0.386 e. The van der Waals surface area contributed by atoms with E-state index in [9.17, 15) is 5.11 Å². The molecule has 0 spiro atoms. The van der Waals surface area contributed by atoms with E-state index in [1.807, 2.05) is 33.1 Å². The Kier molecular flexibility index (Phi) is 4.70. The van der Waals surface area contributed by atoms with Gasteiger partial charge in [-0.05, 0) is 14.1 Å². The van der Waals surface area contributed by atoms with Gasteiger partial charge in [0.05, 0.1) is 14.1 Å². The van der Waals surface area contributed by atoms with Gasteiger partial charge in [-0.3, -0.25) is 0 Å². The first-order chi connectivity index (χ1) is 5.37. The maximum atomic E-state index is 9.52. The molecular formula is C8H21N2O2+. The topological polar surface area (TPSA) is 43.7 Å². The first-order valence-electron chi connectivity index (χ1n) is 4.13. The summed E-state index contributed by atoms with van der Waals surface area (Å²) in [6.45, 7) is 1.28. The molecule has 0 amide bonds. The lowest BCUT2D eigenvalue weighted by molar-refractivity contribution is -0.911. The van der Waals surface area contributed by atoms with Crippen LogP contribution in [0.5, 0.6) is 0 Å². The molecule has 4 nitrogen and oxygen atoms in total. The van der Waals surface area contributed by atoms with Gasteiger partial charge in [0, 0.05) is 6.54 Å². The number of likely N-dealkylation sites (N-methyl/N-ethyl adjacent to an activating group) is 2. The first kappa shape index (κ1) is 11.8. The maximum Gasteiger partial charge on any atom is 0.179 e. The smallest absolute Gasteiger partial charge is 0.179 e. The molecule has 0 saturated carbocycles. The number of hydrogen-bond acceptors (Lipinski definition) is 3. The van der Waals surface area contributed by atoms with Gasteiger partial charge in [0.25, 0.3) is 0 Å². The Balaban J connectivity index is 3.75. The zero-order valence-corrected chi connectivity index (χ0v) is 8.49. The van der Waals surface area contributed by atoms with Gasteiger partial charge in [0.2, 0.25) is 0 Å². The molecule has 4 heteroatoms. The van der Waals surface area contributed by atoms with Crippen LogP contribution in [0.15, 0.2) is 0 Å². The van der Waals surface area contributed by atoms with E-state index in [4.69, 9.17) is 5.11 Å². The Labute approximate surface area is 74.6 Å². The molecule has 1 unspecified atom stereocenters. The number of aliphatic hydroxyl groups excluding tert-OH is 2. The van der Waals surface area contributed by atoms with Crippen molar-refractivity contribution in [2.75, 3.05) is 48.0 Å². The molecule has 0 aliphatic rings. The van der Waals surface area contributed by atoms with Crippen molar-refractivity contribution in [1.29, 1.82) is 0 Å². The minimum atomic E-state index is -0.373. The quantitative estimate of drug-likeness (QED) is 0.415. The predicted octanol–water partition coefficient (Wildman–Crippen LogP) is -1.06. The molecule has 0 rings (SSSR count). The van der Waals surface area contributed by atoms with Crippen LogP contribution in [0.4, 0.5) is 0 Å². The van der Waals surface area contributed by atoms with Crippen LogP contribution in [0.2, 0.25) is 0 Å². The summed E-state index contributed by atoms with van der Waals surface area (Å²) in [6, 6.07) is 0. The van der Waals surface area contributed by atoms with Crippen LogP contribution in [0, 0.1) is 0 Å². The Bertz CT molecular complexity index is 126. The van der Waals surface area contributed by atoms with Gasteiger partial charge in [-0.15, -0.1) is 0 Å². The summed E-state index contributed by atoms with van der Waals surface area (Å²) < 4.78 is 0.439. The Morgan fingerprint density at radius 3 is 2.17 bits per heavy atom. The minimum Gasteiger partial charge on any atom is -0.386 e. The summed E-state index contributed by atoms with van der Waals surface area (Å²) in [5.41, 5.74) is 0. The molecule has 2 N–H and O–H groups in total. The molecule has 0 aromatic heterocycles. The Morgan fingerprint density at radius 2 is 1.83 bits per heavy atom. The Hall–Kier alpha value is -0.160. The lowest BCUT2D eigenvalue weighted by Gasteiger charge is -2.30. The van der Waals surface area contributed by atoms with Gasteiger partial charge in [0.15, 0.2) is 6.73 Å². The predicted molar refractivity (Wildman–Crippen MR) is 48.6 cm³/mol. The van der Waals surface area contributed by atoms with Crippen LogP contribution in [0.3, 0.4) is 0 Å². The van der Waals surface area contributed by atoms with Crippen molar-refractivity contribution in [3.8, 4) is 0 Å². The van der Waals surface area contributed by atoms with Crippen molar-refractivity contribution >= 4 is 0 Å².